The fraction of sp³-hybridized carbons (Fsp3) is 0.435. The highest BCUT2D eigenvalue weighted by Crippen LogP contribution is 2.35. The van der Waals surface area contributed by atoms with Crippen LogP contribution in [0, 0.1) is 0 Å². The molecule has 3 rings (SSSR count). The van der Waals surface area contributed by atoms with Crippen LogP contribution in [0.15, 0.2) is 59.5 Å². The Morgan fingerprint density at radius 1 is 1.15 bits per heavy atom. The third-order valence-electron chi connectivity index (χ3n) is 5.56. The second-order valence-corrected chi connectivity index (χ2v) is 9.74. The average molecular weight is 484 g/mol. The van der Waals surface area contributed by atoms with Crippen LogP contribution in [0.1, 0.15) is 43.0 Å². The summed E-state index contributed by atoms with van der Waals surface area (Å²) in [5, 5.41) is 3.30. The molecule has 33 heavy (non-hydrogen) atoms. The molecule has 1 unspecified atom stereocenters. The summed E-state index contributed by atoms with van der Waals surface area (Å²) >= 11 is 0. The van der Waals surface area contributed by atoms with Crippen molar-refractivity contribution in [2.75, 3.05) is 23.9 Å². The van der Waals surface area contributed by atoms with Gasteiger partial charge in [-0.05, 0) is 49.7 Å². The normalized spacial score (nSPS) is 17.5. The molecule has 1 amide bonds. The Hall–Kier alpha value is -2.59. The molecule has 0 bridgehead atoms. The molecule has 2 aromatic rings. The molecule has 1 heterocycles. The summed E-state index contributed by atoms with van der Waals surface area (Å²) in [4.78, 5) is 14.5. The van der Waals surface area contributed by atoms with Gasteiger partial charge < -0.3 is 10.2 Å². The van der Waals surface area contributed by atoms with Crippen molar-refractivity contribution >= 4 is 21.6 Å². The fourth-order valence-electron chi connectivity index (χ4n) is 3.95. The number of benzene rings is 2. The molecule has 1 N–H and O–H groups in total. The van der Waals surface area contributed by atoms with E-state index in [0.717, 1.165) is 56.5 Å². The Morgan fingerprint density at radius 2 is 1.88 bits per heavy atom. The maximum absolute atomic E-state index is 14.0. The van der Waals surface area contributed by atoms with Gasteiger partial charge in [-0.25, -0.2) is 8.42 Å². The Morgan fingerprint density at radius 3 is 2.55 bits per heavy atom. The average Bonchev–Trinajstić information content (AvgIpc) is 3.02. The van der Waals surface area contributed by atoms with Crippen molar-refractivity contribution in [3.63, 3.8) is 0 Å². The fourth-order valence-corrected chi connectivity index (χ4v) is 5.33. The summed E-state index contributed by atoms with van der Waals surface area (Å²) in [5.41, 5.74) is -0.608. The number of carbonyl (C=O) groups is 1. The first-order chi connectivity index (χ1) is 15.7. The number of hydrogen-bond acceptors (Lipinski definition) is 4. The second kappa shape index (κ2) is 10.6. The Balaban J connectivity index is 1.98. The van der Waals surface area contributed by atoms with E-state index in [-0.39, 0.29) is 11.6 Å². The summed E-state index contributed by atoms with van der Waals surface area (Å²) in [6.07, 6.45) is -1.82. The van der Waals surface area contributed by atoms with Crippen molar-refractivity contribution in [3.05, 3.63) is 60.2 Å². The summed E-state index contributed by atoms with van der Waals surface area (Å²) in [6.45, 7) is 3.90. The van der Waals surface area contributed by atoms with Gasteiger partial charge in [0, 0.05) is 24.7 Å². The van der Waals surface area contributed by atoms with Crippen LogP contribution in [0.5, 0.6) is 0 Å². The largest absolute Gasteiger partial charge is 0.498 e. The number of anilines is 1. The van der Waals surface area contributed by atoms with Gasteiger partial charge in [0.1, 0.15) is 0 Å². The minimum atomic E-state index is -5.22. The van der Waals surface area contributed by atoms with Crippen molar-refractivity contribution in [1.29, 1.82) is 0 Å². The Kier molecular flexibility index (Phi) is 8.01. The van der Waals surface area contributed by atoms with E-state index >= 15 is 0 Å². The summed E-state index contributed by atoms with van der Waals surface area (Å²) < 4.78 is 67.1. The molecule has 6 nitrogen and oxygen atoms in total. The number of carbonyl (C=O) groups excluding carboxylic acids is 1. The zero-order valence-electron chi connectivity index (χ0n) is 18.4. The quantitative estimate of drug-likeness (QED) is 0.593. The molecule has 0 saturated carbocycles. The highest BCUT2D eigenvalue weighted by molar-refractivity contribution is 7.92. The zero-order valence-corrected chi connectivity index (χ0v) is 19.2. The van der Waals surface area contributed by atoms with E-state index in [1.54, 1.807) is 4.90 Å². The maximum atomic E-state index is 14.0. The van der Waals surface area contributed by atoms with Gasteiger partial charge in [-0.2, -0.15) is 4.31 Å². The third-order valence-corrected chi connectivity index (χ3v) is 7.33. The molecular weight excluding hydrogens is 455 g/mol. The molecule has 1 atom stereocenters. The number of halogens is 3. The number of amides is 1. The lowest BCUT2D eigenvalue weighted by atomic mass is 10.1. The van der Waals surface area contributed by atoms with Gasteiger partial charge >= 0.3 is 6.30 Å². The van der Waals surface area contributed by atoms with Crippen molar-refractivity contribution in [2.24, 2.45) is 0 Å². The molecule has 10 heteroatoms. The van der Waals surface area contributed by atoms with Gasteiger partial charge in [0.15, 0.2) is 0 Å². The molecule has 1 aliphatic rings. The Bertz CT molecular complexity index is 1050. The number of hydrogen-bond donors (Lipinski definition) is 1. The molecule has 0 aromatic heterocycles. The number of rotatable bonds is 7. The number of alkyl halides is 3. The maximum Gasteiger partial charge on any atom is 0.498 e. The highest BCUT2D eigenvalue weighted by Gasteiger charge is 2.46. The van der Waals surface area contributed by atoms with Crippen LogP contribution in [0.25, 0.3) is 0 Å². The van der Waals surface area contributed by atoms with E-state index in [1.807, 2.05) is 0 Å². The minimum absolute atomic E-state index is 0.0217. The molecule has 1 saturated heterocycles. The van der Waals surface area contributed by atoms with Gasteiger partial charge in [-0.1, -0.05) is 44.0 Å². The zero-order chi connectivity index (χ0) is 24.1. The van der Waals surface area contributed by atoms with Crippen LogP contribution in [-0.4, -0.2) is 51.2 Å². The summed E-state index contributed by atoms with van der Waals surface area (Å²) in [6, 6.07) is 11.1. The molecular formula is C23H28F3N3O3S. The number of unbranched alkanes of at least 4 members (excludes halogenated alkanes) is 1. The lowest BCUT2D eigenvalue weighted by molar-refractivity contribution is -0.115. The lowest BCUT2D eigenvalue weighted by Crippen LogP contribution is -2.44. The highest BCUT2D eigenvalue weighted by atomic mass is 32.2. The van der Waals surface area contributed by atoms with Crippen LogP contribution in [-0.2, 0) is 10.0 Å². The SMILES string of the molecule is CCCCC1CNCCCN1C(=O)c1cccc(N(C(F)(F)F)S(=O)(=O)c2ccccc2)c1. The van der Waals surface area contributed by atoms with Gasteiger partial charge in [-0.3, -0.25) is 4.79 Å². The summed E-state index contributed by atoms with van der Waals surface area (Å²) in [5.74, 6) is -0.402. The number of nitrogens with one attached hydrogen (secondary N) is 1. The van der Waals surface area contributed by atoms with Crippen LogP contribution < -0.4 is 9.62 Å². The van der Waals surface area contributed by atoms with Crippen LogP contribution in [0.3, 0.4) is 0 Å². The number of sulfonamides is 1. The van der Waals surface area contributed by atoms with Crippen LogP contribution in [0.2, 0.25) is 0 Å². The van der Waals surface area contributed by atoms with Crippen molar-refractivity contribution in [3.8, 4) is 0 Å². The van der Waals surface area contributed by atoms with Crippen molar-refractivity contribution in [2.45, 2.75) is 49.8 Å². The molecule has 0 radical (unpaired) electrons. The topological polar surface area (TPSA) is 69.7 Å². The van der Waals surface area contributed by atoms with Gasteiger partial charge in [0.2, 0.25) is 0 Å². The minimum Gasteiger partial charge on any atom is -0.334 e. The first-order valence-corrected chi connectivity index (χ1v) is 12.4. The van der Waals surface area contributed by atoms with E-state index in [4.69, 9.17) is 0 Å². The van der Waals surface area contributed by atoms with E-state index in [9.17, 15) is 26.4 Å². The van der Waals surface area contributed by atoms with Gasteiger partial charge in [-0.15, -0.1) is 13.2 Å². The summed E-state index contributed by atoms with van der Waals surface area (Å²) in [7, 11) is -4.93. The molecule has 2 aromatic carbocycles. The van der Waals surface area contributed by atoms with Crippen LogP contribution >= 0.6 is 0 Å². The standard InChI is InChI=1S/C23H28F3N3O3S/c1-2-3-10-20-17-27-14-8-15-28(20)22(30)18-9-7-11-19(16-18)29(23(24,25)26)33(31,32)21-12-5-4-6-13-21/h4-7,9,11-13,16,20,27H,2-3,8,10,14-15,17H2,1H3. The monoisotopic (exact) mass is 483 g/mol. The van der Waals surface area contributed by atoms with E-state index in [1.165, 1.54) is 30.3 Å². The van der Waals surface area contributed by atoms with Gasteiger partial charge in [0.25, 0.3) is 15.9 Å². The molecule has 0 aliphatic carbocycles. The molecule has 1 fully saturated rings. The number of nitrogens with zero attached hydrogens (tertiary/aromatic N) is 2. The second-order valence-electron chi connectivity index (χ2n) is 7.95. The molecule has 1 aliphatic heterocycles. The van der Waals surface area contributed by atoms with E-state index in [0.29, 0.717) is 13.1 Å². The Labute approximate surface area is 192 Å². The lowest BCUT2D eigenvalue weighted by Gasteiger charge is -2.31. The first kappa shape index (κ1) is 25.0. The van der Waals surface area contributed by atoms with Gasteiger partial charge in [0.05, 0.1) is 10.6 Å². The van der Waals surface area contributed by atoms with Crippen molar-refractivity contribution < 1.29 is 26.4 Å². The van der Waals surface area contributed by atoms with Crippen molar-refractivity contribution in [1.82, 2.24) is 10.2 Å². The van der Waals surface area contributed by atoms with Crippen LogP contribution in [0.4, 0.5) is 18.9 Å². The third kappa shape index (κ3) is 5.86. The predicted octanol–water partition coefficient (Wildman–Crippen LogP) is 4.40. The molecule has 0 spiro atoms. The molecule has 180 valence electrons. The van der Waals surface area contributed by atoms with E-state index in [2.05, 4.69) is 12.2 Å². The smallest absolute Gasteiger partial charge is 0.334 e. The first-order valence-electron chi connectivity index (χ1n) is 10.9. The predicted molar refractivity (Wildman–Crippen MR) is 120 cm³/mol. The van der Waals surface area contributed by atoms with E-state index < -0.39 is 37.1 Å².